The van der Waals surface area contributed by atoms with E-state index in [-0.39, 0.29) is 6.61 Å². The van der Waals surface area contributed by atoms with Crippen molar-refractivity contribution in [3.05, 3.63) is 12.2 Å². The average Bonchev–Trinajstić information content (AvgIpc) is 3.31. The summed E-state index contributed by atoms with van der Waals surface area (Å²) in [4.78, 5) is 22.8. The topological polar surface area (TPSA) is 117 Å². The summed E-state index contributed by atoms with van der Waals surface area (Å²) >= 11 is 0. The van der Waals surface area contributed by atoms with Gasteiger partial charge in [0.1, 0.15) is 43.2 Å². The molecular weight excluding hydrogens is 440 g/mol. The van der Waals surface area contributed by atoms with Crippen LogP contribution in [0.3, 0.4) is 0 Å². The van der Waals surface area contributed by atoms with E-state index in [1.807, 2.05) is 13.8 Å². The van der Waals surface area contributed by atoms with Gasteiger partial charge in [-0.1, -0.05) is 0 Å². The Morgan fingerprint density at radius 3 is 2.33 bits per heavy atom. The van der Waals surface area contributed by atoms with Gasteiger partial charge in [0.05, 0.1) is 6.61 Å². The average molecular weight is 472 g/mol. The predicted octanol–water partition coefficient (Wildman–Crippen LogP) is 1.18. The van der Waals surface area contributed by atoms with Gasteiger partial charge in [-0.25, -0.2) is 0 Å². The zero-order valence-corrected chi connectivity index (χ0v) is 19.7. The minimum atomic E-state index is -0.838. The Hall–Kier alpha value is -1.60. The summed E-state index contributed by atoms with van der Waals surface area (Å²) in [6.45, 7) is 10.1. The predicted molar refractivity (Wildman–Crippen MR) is 108 cm³/mol. The molecule has 0 unspecified atom stereocenters. The Balaban J connectivity index is 1.50. The lowest BCUT2D eigenvalue weighted by molar-refractivity contribution is -0.260. The second-order valence-electron chi connectivity index (χ2n) is 9.34. The SMILES string of the molecule is CC(=O)OC[C@H]1O[C@H](O[C@@H]2[C@H]3OC(C)(C)O[C@H]3O[C@@H]2[C@H]2COC(C)(C)O2)C=C[C@@H]1OC(C)=O. The first-order chi connectivity index (χ1) is 15.4. The molecule has 4 aliphatic rings. The maximum atomic E-state index is 11.5. The standard InChI is InChI=1S/C22H32O11/c1-11(23)25-9-14-13(27-12(2)24)7-8-16(28-14)29-18-17(15-10-26-21(3,4)31-15)30-20-19(18)32-22(5,6)33-20/h7-8,13-20H,9-10H2,1-6H3/t13-,14+,15+,16+,17+,18-,19+,20+/m0/s1. The third-order valence-corrected chi connectivity index (χ3v) is 5.60. The first kappa shape index (κ1) is 24.5. The molecule has 11 nitrogen and oxygen atoms in total. The Kier molecular flexibility index (Phi) is 6.85. The first-order valence-corrected chi connectivity index (χ1v) is 11.1. The van der Waals surface area contributed by atoms with Crippen molar-refractivity contribution in [2.45, 2.75) is 102 Å². The van der Waals surface area contributed by atoms with Crippen LogP contribution in [0.2, 0.25) is 0 Å². The lowest BCUT2D eigenvalue weighted by Gasteiger charge is -2.35. The Bertz CT molecular complexity index is 778. The van der Waals surface area contributed by atoms with Crippen LogP contribution in [0.1, 0.15) is 41.5 Å². The van der Waals surface area contributed by atoms with Gasteiger partial charge >= 0.3 is 11.9 Å². The van der Waals surface area contributed by atoms with Crippen LogP contribution in [0, 0.1) is 0 Å². The number of esters is 2. The van der Waals surface area contributed by atoms with Gasteiger partial charge in [0, 0.05) is 13.8 Å². The molecule has 0 bridgehead atoms. The maximum absolute atomic E-state index is 11.5. The molecule has 186 valence electrons. The van der Waals surface area contributed by atoms with E-state index in [1.165, 1.54) is 13.8 Å². The van der Waals surface area contributed by atoms with E-state index in [4.69, 9.17) is 42.6 Å². The third-order valence-electron chi connectivity index (χ3n) is 5.60. The quantitative estimate of drug-likeness (QED) is 0.410. The zero-order valence-electron chi connectivity index (χ0n) is 19.7. The van der Waals surface area contributed by atoms with Gasteiger partial charge in [-0.2, -0.15) is 0 Å². The molecule has 0 spiro atoms. The van der Waals surface area contributed by atoms with Crippen molar-refractivity contribution in [3.8, 4) is 0 Å². The third kappa shape index (κ3) is 5.73. The fourth-order valence-electron chi connectivity index (χ4n) is 4.33. The van der Waals surface area contributed by atoms with Crippen molar-refractivity contribution in [2.24, 2.45) is 0 Å². The molecule has 4 heterocycles. The van der Waals surface area contributed by atoms with Gasteiger partial charge < -0.3 is 42.6 Å². The highest BCUT2D eigenvalue weighted by Gasteiger charge is 2.59. The lowest BCUT2D eigenvalue weighted by atomic mass is 10.1. The van der Waals surface area contributed by atoms with Gasteiger partial charge in [0.15, 0.2) is 24.2 Å². The van der Waals surface area contributed by atoms with Crippen LogP contribution in [0.5, 0.6) is 0 Å². The highest BCUT2D eigenvalue weighted by molar-refractivity contribution is 5.66. The van der Waals surface area contributed by atoms with Gasteiger partial charge in [0.25, 0.3) is 0 Å². The molecule has 0 aromatic heterocycles. The molecule has 0 aliphatic carbocycles. The van der Waals surface area contributed by atoms with Gasteiger partial charge in [-0.3, -0.25) is 9.59 Å². The van der Waals surface area contributed by atoms with Crippen molar-refractivity contribution in [3.63, 3.8) is 0 Å². The van der Waals surface area contributed by atoms with Crippen LogP contribution >= 0.6 is 0 Å². The van der Waals surface area contributed by atoms with Crippen LogP contribution in [-0.2, 0) is 52.2 Å². The number of ether oxygens (including phenoxy) is 9. The number of hydrogen-bond acceptors (Lipinski definition) is 11. The van der Waals surface area contributed by atoms with Crippen molar-refractivity contribution >= 4 is 11.9 Å². The van der Waals surface area contributed by atoms with Gasteiger partial charge in [0.2, 0.25) is 0 Å². The molecule has 4 aliphatic heterocycles. The van der Waals surface area contributed by atoms with E-state index in [1.54, 1.807) is 26.0 Å². The highest BCUT2D eigenvalue weighted by atomic mass is 16.9. The number of rotatable bonds is 6. The number of hydrogen-bond donors (Lipinski definition) is 0. The molecule has 0 saturated carbocycles. The molecule has 0 radical (unpaired) electrons. The van der Waals surface area contributed by atoms with E-state index in [9.17, 15) is 9.59 Å². The fourth-order valence-corrected chi connectivity index (χ4v) is 4.33. The molecule has 3 fully saturated rings. The highest BCUT2D eigenvalue weighted by Crippen LogP contribution is 2.42. The molecular formula is C22H32O11. The zero-order chi connectivity index (χ0) is 24.0. The smallest absolute Gasteiger partial charge is 0.303 e. The first-order valence-electron chi connectivity index (χ1n) is 11.1. The van der Waals surface area contributed by atoms with Gasteiger partial charge in [-0.05, 0) is 39.8 Å². The van der Waals surface area contributed by atoms with Crippen LogP contribution in [0.25, 0.3) is 0 Å². The van der Waals surface area contributed by atoms with Crippen LogP contribution in [-0.4, -0.2) is 85.9 Å². The van der Waals surface area contributed by atoms with Crippen molar-refractivity contribution in [2.75, 3.05) is 13.2 Å². The van der Waals surface area contributed by atoms with Crippen LogP contribution in [0.15, 0.2) is 12.2 Å². The number of fused-ring (bicyclic) bond motifs is 1. The van der Waals surface area contributed by atoms with Crippen LogP contribution in [0.4, 0.5) is 0 Å². The fraction of sp³-hybridized carbons (Fsp3) is 0.818. The van der Waals surface area contributed by atoms with Crippen molar-refractivity contribution in [1.29, 1.82) is 0 Å². The molecule has 8 atom stereocenters. The molecule has 0 amide bonds. The molecule has 0 aromatic rings. The minimum Gasteiger partial charge on any atom is -0.463 e. The molecule has 11 heteroatoms. The monoisotopic (exact) mass is 472 g/mol. The summed E-state index contributed by atoms with van der Waals surface area (Å²) in [6.07, 6.45) is -1.71. The molecule has 33 heavy (non-hydrogen) atoms. The van der Waals surface area contributed by atoms with E-state index in [0.717, 1.165) is 0 Å². The Labute approximate surface area is 192 Å². The molecule has 3 saturated heterocycles. The van der Waals surface area contributed by atoms with Gasteiger partial charge in [-0.15, -0.1) is 0 Å². The summed E-state index contributed by atoms with van der Waals surface area (Å²) in [5.74, 6) is -2.54. The lowest BCUT2D eigenvalue weighted by Crippen LogP contribution is -2.48. The maximum Gasteiger partial charge on any atom is 0.303 e. The second kappa shape index (κ2) is 9.21. The number of carbonyl (C=O) groups is 2. The normalized spacial score (nSPS) is 41.0. The summed E-state index contributed by atoms with van der Waals surface area (Å²) in [5.41, 5.74) is 0. The molecule has 4 rings (SSSR count). The van der Waals surface area contributed by atoms with E-state index >= 15 is 0 Å². The summed E-state index contributed by atoms with van der Waals surface area (Å²) in [6, 6.07) is 0. The number of carbonyl (C=O) groups excluding carboxylic acids is 2. The van der Waals surface area contributed by atoms with Crippen LogP contribution < -0.4 is 0 Å². The summed E-state index contributed by atoms with van der Waals surface area (Å²) in [5, 5.41) is 0. The Morgan fingerprint density at radius 1 is 0.939 bits per heavy atom. The Morgan fingerprint density at radius 2 is 1.70 bits per heavy atom. The summed E-state index contributed by atoms with van der Waals surface area (Å²) in [7, 11) is 0. The van der Waals surface area contributed by atoms with Crippen molar-refractivity contribution in [1.82, 2.24) is 0 Å². The molecule has 0 N–H and O–H groups in total. The molecule has 0 aromatic carbocycles. The minimum absolute atomic E-state index is 0.103. The van der Waals surface area contributed by atoms with E-state index in [0.29, 0.717) is 6.61 Å². The second-order valence-corrected chi connectivity index (χ2v) is 9.34. The van der Waals surface area contributed by atoms with E-state index in [2.05, 4.69) is 0 Å². The van der Waals surface area contributed by atoms with Crippen molar-refractivity contribution < 1.29 is 52.2 Å². The summed E-state index contributed by atoms with van der Waals surface area (Å²) < 4.78 is 52.4. The largest absolute Gasteiger partial charge is 0.463 e. The van der Waals surface area contributed by atoms with E-state index < -0.39 is 72.7 Å².